The second kappa shape index (κ2) is 4.75. The van der Waals surface area contributed by atoms with Gasteiger partial charge in [0.15, 0.2) is 0 Å². The Balaban J connectivity index is 1.71. The number of aromatic nitrogens is 3. The lowest BCUT2D eigenvalue weighted by atomic mass is 10.00. The SMILES string of the molecule is CC(C)C(NCCn1cncn1)C1CC1. The summed E-state index contributed by atoms with van der Waals surface area (Å²) < 4.78 is 1.87. The molecule has 1 N–H and O–H groups in total. The van der Waals surface area contributed by atoms with Gasteiger partial charge in [0.25, 0.3) is 0 Å². The molecule has 1 saturated carbocycles. The molecule has 1 aliphatic rings. The first kappa shape index (κ1) is 10.6. The zero-order valence-corrected chi connectivity index (χ0v) is 9.56. The number of hydrogen-bond acceptors (Lipinski definition) is 3. The maximum Gasteiger partial charge on any atom is 0.137 e. The second-order valence-electron chi connectivity index (χ2n) is 4.72. The summed E-state index contributed by atoms with van der Waals surface area (Å²) in [5.41, 5.74) is 0. The van der Waals surface area contributed by atoms with E-state index in [1.165, 1.54) is 12.8 Å². The van der Waals surface area contributed by atoms with Crippen LogP contribution in [0.25, 0.3) is 0 Å². The first-order valence-electron chi connectivity index (χ1n) is 5.83. The summed E-state index contributed by atoms with van der Waals surface area (Å²) in [6.45, 7) is 6.50. The molecule has 1 fully saturated rings. The molecule has 0 aromatic carbocycles. The fourth-order valence-electron chi connectivity index (χ4n) is 2.10. The standard InChI is InChI=1S/C11H20N4/c1-9(2)11(10-3-4-10)13-5-6-15-8-12-7-14-15/h7-11,13H,3-6H2,1-2H3. The van der Waals surface area contributed by atoms with E-state index in [9.17, 15) is 0 Å². The molecular formula is C11H20N4. The van der Waals surface area contributed by atoms with Crippen molar-refractivity contribution in [3.63, 3.8) is 0 Å². The Morgan fingerprint density at radius 1 is 1.47 bits per heavy atom. The zero-order chi connectivity index (χ0) is 10.7. The van der Waals surface area contributed by atoms with E-state index in [1.807, 2.05) is 4.68 Å². The van der Waals surface area contributed by atoms with Crippen LogP contribution >= 0.6 is 0 Å². The molecule has 0 bridgehead atoms. The van der Waals surface area contributed by atoms with E-state index < -0.39 is 0 Å². The molecular weight excluding hydrogens is 188 g/mol. The first-order valence-corrected chi connectivity index (χ1v) is 5.83. The highest BCUT2D eigenvalue weighted by molar-refractivity contribution is 4.88. The molecule has 1 aliphatic carbocycles. The molecule has 1 aromatic heterocycles. The maximum atomic E-state index is 4.08. The lowest BCUT2D eigenvalue weighted by molar-refractivity contribution is 0.351. The Hall–Kier alpha value is -0.900. The summed E-state index contributed by atoms with van der Waals surface area (Å²) in [6, 6.07) is 0.688. The average molecular weight is 208 g/mol. The molecule has 0 amide bonds. The van der Waals surface area contributed by atoms with Crippen LogP contribution in [-0.4, -0.2) is 27.4 Å². The van der Waals surface area contributed by atoms with Crippen molar-refractivity contribution < 1.29 is 0 Å². The van der Waals surface area contributed by atoms with Crippen molar-refractivity contribution in [3.8, 4) is 0 Å². The lowest BCUT2D eigenvalue weighted by Gasteiger charge is -2.22. The molecule has 1 aromatic rings. The topological polar surface area (TPSA) is 42.7 Å². The molecule has 0 aliphatic heterocycles. The van der Waals surface area contributed by atoms with Gasteiger partial charge in [-0.15, -0.1) is 0 Å². The molecule has 1 atom stereocenters. The zero-order valence-electron chi connectivity index (χ0n) is 9.56. The molecule has 1 heterocycles. The Bertz CT molecular complexity index is 275. The van der Waals surface area contributed by atoms with Crippen molar-refractivity contribution in [1.29, 1.82) is 0 Å². The van der Waals surface area contributed by atoms with Crippen LogP contribution in [0.5, 0.6) is 0 Å². The van der Waals surface area contributed by atoms with Crippen molar-refractivity contribution in [2.75, 3.05) is 6.54 Å². The minimum Gasteiger partial charge on any atom is -0.312 e. The third-order valence-corrected chi connectivity index (χ3v) is 3.04. The highest BCUT2D eigenvalue weighted by atomic mass is 15.3. The van der Waals surface area contributed by atoms with Crippen molar-refractivity contribution in [2.45, 2.75) is 39.3 Å². The van der Waals surface area contributed by atoms with Gasteiger partial charge in [-0.2, -0.15) is 5.10 Å². The van der Waals surface area contributed by atoms with E-state index in [-0.39, 0.29) is 0 Å². The van der Waals surface area contributed by atoms with Crippen LogP contribution in [0.1, 0.15) is 26.7 Å². The highest BCUT2D eigenvalue weighted by Crippen LogP contribution is 2.35. The van der Waals surface area contributed by atoms with E-state index in [1.54, 1.807) is 12.7 Å². The van der Waals surface area contributed by atoms with Gasteiger partial charge in [0.1, 0.15) is 12.7 Å². The van der Waals surface area contributed by atoms with E-state index in [2.05, 4.69) is 29.2 Å². The number of nitrogens with one attached hydrogen (secondary N) is 1. The largest absolute Gasteiger partial charge is 0.312 e. The van der Waals surface area contributed by atoms with E-state index in [4.69, 9.17) is 0 Å². The van der Waals surface area contributed by atoms with Crippen LogP contribution in [0.15, 0.2) is 12.7 Å². The first-order chi connectivity index (χ1) is 7.27. The lowest BCUT2D eigenvalue weighted by Crippen LogP contribution is -2.37. The fourth-order valence-corrected chi connectivity index (χ4v) is 2.10. The van der Waals surface area contributed by atoms with Crippen molar-refractivity contribution in [1.82, 2.24) is 20.1 Å². The Labute approximate surface area is 91.1 Å². The van der Waals surface area contributed by atoms with Crippen LogP contribution in [0.2, 0.25) is 0 Å². The molecule has 0 spiro atoms. The summed E-state index contributed by atoms with van der Waals surface area (Å²) in [7, 11) is 0. The Morgan fingerprint density at radius 2 is 2.27 bits per heavy atom. The number of rotatable bonds is 6. The van der Waals surface area contributed by atoms with Gasteiger partial charge in [-0.1, -0.05) is 13.8 Å². The van der Waals surface area contributed by atoms with Gasteiger partial charge >= 0.3 is 0 Å². The molecule has 84 valence electrons. The van der Waals surface area contributed by atoms with Crippen molar-refractivity contribution in [2.24, 2.45) is 11.8 Å². The molecule has 15 heavy (non-hydrogen) atoms. The van der Waals surface area contributed by atoms with E-state index >= 15 is 0 Å². The van der Waals surface area contributed by atoms with Gasteiger partial charge in [-0.05, 0) is 24.7 Å². The number of nitrogens with zero attached hydrogens (tertiary/aromatic N) is 3. The summed E-state index contributed by atoms with van der Waals surface area (Å²) in [4.78, 5) is 3.93. The van der Waals surface area contributed by atoms with Crippen LogP contribution in [0.4, 0.5) is 0 Å². The molecule has 2 rings (SSSR count). The molecule has 1 unspecified atom stereocenters. The molecule has 4 nitrogen and oxygen atoms in total. The third-order valence-electron chi connectivity index (χ3n) is 3.04. The summed E-state index contributed by atoms with van der Waals surface area (Å²) in [6.07, 6.45) is 6.16. The Morgan fingerprint density at radius 3 is 2.80 bits per heavy atom. The van der Waals surface area contributed by atoms with Crippen LogP contribution in [-0.2, 0) is 6.54 Å². The predicted octanol–water partition coefficient (Wildman–Crippen LogP) is 1.30. The van der Waals surface area contributed by atoms with Gasteiger partial charge in [0.05, 0.1) is 6.54 Å². The Kier molecular flexibility index (Phi) is 3.36. The quantitative estimate of drug-likeness (QED) is 0.766. The summed E-state index contributed by atoms with van der Waals surface area (Å²) in [5.74, 6) is 1.65. The summed E-state index contributed by atoms with van der Waals surface area (Å²) in [5, 5.41) is 7.71. The van der Waals surface area contributed by atoms with Crippen molar-refractivity contribution >= 4 is 0 Å². The average Bonchev–Trinajstić information content (AvgIpc) is 2.89. The van der Waals surface area contributed by atoms with Gasteiger partial charge in [-0.25, -0.2) is 4.98 Å². The van der Waals surface area contributed by atoms with Crippen LogP contribution in [0.3, 0.4) is 0 Å². The minimum atomic E-state index is 0.688. The monoisotopic (exact) mass is 208 g/mol. The maximum absolute atomic E-state index is 4.08. The molecule has 0 saturated heterocycles. The highest BCUT2D eigenvalue weighted by Gasteiger charge is 2.32. The second-order valence-corrected chi connectivity index (χ2v) is 4.72. The smallest absolute Gasteiger partial charge is 0.137 e. The molecule has 4 heteroatoms. The summed E-state index contributed by atoms with van der Waals surface area (Å²) >= 11 is 0. The normalized spacial score (nSPS) is 18.3. The fraction of sp³-hybridized carbons (Fsp3) is 0.818. The van der Waals surface area contributed by atoms with Crippen molar-refractivity contribution in [3.05, 3.63) is 12.7 Å². The molecule has 0 radical (unpaired) electrons. The van der Waals surface area contributed by atoms with E-state index in [0.717, 1.165) is 24.9 Å². The third kappa shape index (κ3) is 3.02. The van der Waals surface area contributed by atoms with Gasteiger partial charge in [0.2, 0.25) is 0 Å². The van der Waals surface area contributed by atoms with Gasteiger partial charge in [-0.3, -0.25) is 4.68 Å². The van der Waals surface area contributed by atoms with Gasteiger partial charge < -0.3 is 5.32 Å². The number of hydrogen-bond donors (Lipinski definition) is 1. The van der Waals surface area contributed by atoms with Crippen LogP contribution < -0.4 is 5.32 Å². The van der Waals surface area contributed by atoms with Crippen LogP contribution in [0, 0.1) is 11.8 Å². The predicted molar refractivity (Wildman–Crippen MR) is 59.4 cm³/mol. The van der Waals surface area contributed by atoms with E-state index in [0.29, 0.717) is 6.04 Å². The minimum absolute atomic E-state index is 0.688. The van der Waals surface area contributed by atoms with Gasteiger partial charge in [0, 0.05) is 12.6 Å².